The Kier molecular flexibility index (Phi) is 4.73. The molecule has 0 N–H and O–H groups in total. The van der Waals surface area contributed by atoms with E-state index in [0.717, 1.165) is 25.2 Å². The van der Waals surface area contributed by atoms with Crippen molar-refractivity contribution in [1.82, 2.24) is 4.90 Å². The van der Waals surface area contributed by atoms with E-state index in [1.807, 2.05) is 0 Å². The Morgan fingerprint density at radius 1 is 1.16 bits per heavy atom. The third-order valence-corrected chi connectivity index (χ3v) is 3.84. The quantitative estimate of drug-likeness (QED) is 0.813. The third-order valence-electron chi connectivity index (χ3n) is 3.10. The predicted octanol–water partition coefficient (Wildman–Crippen LogP) is 4.33. The molecule has 1 aliphatic heterocycles. The molecule has 0 aromatic heterocycles. The fraction of sp³-hybridized carbons (Fsp3) is 0.538. The summed E-state index contributed by atoms with van der Waals surface area (Å²) in [6, 6.07) is 4.41. The fourth-order valence-corrected chi connectivity index (χ4v) is 2.69. The van der Waals surface area contributed by atoms with Crippen LogP contribution in [0.4, 0.5) is 13.2 Å². The molecule has 2 nitrogen and oxygen atoms in total. The van der Waals surface area contributed by atoms with E-state index in [1.165, 1.54) is 31.4 Å². The van der Waals surface area contributed by atoms with Crippen molar-refractivity contribution in [2.24, 2.45) is 0 Å². The molecule has 0 saturated carbocycles. The number of ether oxygens (including phenoxy) is 1. The van der Waals surface area contributed by atoms with Gasteiger partial charge in [-0.15, -0.1) is 13.2 Å². The summed E-state index contributed by atoms with van der Waals surface area (Å²) in [4.78, 5) is 2.31. The first-order valence-electron chi connectivity index (χ1n) is 6.20. The van der Waals surface area contributed by atoms with Gasteiger partial charge in [0.25, 0.3) is 0 Å². The average molecular weight is 338 g/mol. The maximum Gasteiger partial charge on any atom is 0.573 e. The average Bonchev–Trinajstić information content (AvgIpc) is 2.32. The van der Waals surface area contributed by atoms with E-state index in [4.69, 9.17) is 0 Å². The van der Waals surface area contributed by atoms with Gasteiger partial charge in [-0.25, -0.2) is 0 Å². The summed E-state index contributed by atoms with van der Waals surface area (Å²) in [6.45, 7) is 2.85. The van der Waals surface area contributed by atoms with Crippen LogP contribution >= 0.6 is 15.9 Å². The number of likely N-dealkylation sites (tertiary alicyclic amines) is 1. The zero-order valence-corrected chi connectivity index (χ0v) is 11.9. The molecule has 1 aliphatic rings. The first-order chi connectivity index (χ1) is 8.94. The second-order valence-electron chi connectivity index (χ2n) is 4.64. The lowest BCUT2D eigenvalue weighted by Crippen LogP contribution is -2.29. The van der Waals surface area contributed by atoms with Crippen LogP contribution in [-0.4, -0.2) is 24.4 Å². The highest BCUT2D eigenvalue weighted by molar-refractivity contribution is 9.10. The highest BCUT2D eigenvalue weighted by atomic mass is 79.9. The molecule has 1 aromatic carbocycles. The molecule has 0 aliphatic carbocycles. The lowest BCUT2D eigenvalue weighted by molar-refractivity contribution is -0.274. The molecule has 1 saturated heterocycles. The van der Waals surface area contributed by atoms with Crippen LogP contribution in [0.3, 0.4) is 0 Å². The van der Waals surface area contributed by atoms with Gasteiger partial charge in [-0.2, -0.15) is 0 Å². The Morgan fingerprint density at radius 2 is 1.84 bits per heavy atom. The van der Waals surface area contributed by atoms with Crippen LogP contribution in [0, 0.1) is 0 Å². The Balaban J connectivity index is 2.02. The summed E-state index contributed by atoms with van der Waals surface area (Å²) in [5.74, 6) is -0.193. The Labute approximate surface area is 118 Å². The molecule has 1 aromatic rings. The predicted molar refractivity (Wildman–Crippen MR) is 70.0 cm³/mol. The molecule has 0 radical (unpaired) electrons. The number of nitrogens with zero attached hydrogens (tertiary/aromatic N) is 1. The topological polar surface area (TPSA) is 12.5 Å². The monoisotopic (exact) mass is 337 g/mol. The molecule has 0 spiro atoms. The van der Waals surface area contributed by atoms with Gasteiger partial charge in [0, 0.05) is 11.0 Å². The smallest absolute Gasteiger partial charge is 0.406 e. The standard InChI is InChI=1S/C13H15BrF3NO/c14-12-8-11(19-13(15,16)17)5-4-10(12)9-18-6-2-1-3-7-18/h4-5,8H,1-3,6-7,9H2. The zero-order chi connectivity index (χ0) is 13.9. The SMILES string of the molecule is FC(F)(F)Oc1ccc(CN2CCCCC2)c(Br)c1. The van der Waals surface area contributed by atoms with Crippen molar-refractivity contribution in [3.63, 3.8) is 0 Å². The summed E-state index contributed by atoms with van der Waals surface area (Å²) >= 11 is 3.31. The Morgan fingerprint density at radius 3 is 2.42 bits per heavy atom. The Bertz CT molecular complexity index is 430. The highest BCUT2D eigenvalue weighted by Gasteiger charge is 2.31. The Hall–Kier alpha value is -0.750. The lowest BCUT2D eigenvalue weighted by Gasteiger charge is -2.26. The summed E-state index contributed by atoms with van der Waals surface area (Å²) in [7, 11) is 0. The number of halogens is 4. The van der Waals surface area contributed by atoms with Gasteiger partial charge in [0.2, 0.25) is 0 Å². The largest absolute Gasteiger partial charge is 0.573 e. The van der Waals surface area contributed by atoms with E-state index >= 15 is 0 Å². The van der Waals surface area contributed by atoms with Crippen molar-refractivity contribution in [2.45, 2.75) is 32.2 Å². The van der Waals surface area contributed by atoms with E-state index in [2.05, 4.69) is 25.6 Å². The van der Waals surface area contributed by atoms with Gasteiger partial charge < -0.3 is 4.74 Å². The summed E-state index contributed by atoms with van der Waals surface area (Å²) in [5, 5.41) is 0. The second kappa shape index (κ2) is 6.13. The van der Waals surface area contributed by atoms with Crippen molar-refractivity contribution >= 4 is 15.9 Å². The third kappa shape index (κ3) is 4.69. The van der Waals surface area contributed by atoms with Gasteiger partial charge in [-0.3, -0.25) is 4.90 Å². The number of hydrogen-bond donors (Lipinski definition) is 0. The van der Waals surface area contributed by atoms with Gasteiger partial charge >= 0.3 is 6.36 Å². The molecule has 1 fully saturated rings. The zero-order valence-electron chi connectivity index (χ0n) is 10.3. The van der Waals surface area contributed by atoms with E-state index in [9.17, 15) is 13.2 Å². The second-order valence-corrected chi connectivity index (χ2v) is 5.49. The minimum atomic E-state index is -4.65. The summed E-state index contributed by atoms with van der Waals surface area (Å²) in [6.07, 6.45) is -1.01. The van der Waals surface area contributed by atoms with Gasteiger partial charge in [0.1, 0.15) is 5.75 Å². The minimum Gasteiger partial charge on any atom is -0.406 e. The van der Waals surface area contributed by atoms with E-state index in [0.29, 0.717) is 4.47 Å². The number of rotatable bonds is 3. The van der Waals surface area contributed by atoms with Crippen LogP contribution in [0.5, 0.6) is 5.75 Å². The van der Waals surface area contributed by atoms with Crippen LogP contribution in [0.2, 0.25) is 0 Å². The van der Waals surface area contributed by atoms with E-state index in [-0.39, 0.29) is 5.75 Å². The first-order valence-corrected chi connectivity index (χ1v) is 7.00. The van der Waals surface area contributed by atoms with Crippen LogP contribution in [-0.2, 0) is 6.54 Å². The van der Waals surface area contributed by atoms with E-state index < -0.39 is 6.36 Å². The van der Waals surface area contributed by atoms with Gasteiger partial charge in [0.05, 0.1) is 0 Å². The van der Waals surface area contributed by atoms with E-state index in [1.54, 1.807) is 6.07 Å². The lowest BCUT2D eigenvalue weighted by atomic mass is 10.1. The molecule has 106 valence electrons. The van der Waals surface area contributed by atoms with Gasteiger partial charge in [0.15, 0.2) is 0 Å². The molecule has 0 atom stereocenters. The molecule has 19 heavy (non-hydrogen) atoms. The van der Waals surface area contributed by atoms with Gasteiger partial charge in [-0.05, 0) is 43.6 Å². The molecule has 0 unspecified atom stereocenters. The van der Waals surface area contributed by atoms with Gasteiger partial charge in [-0.1, -0.05) is 28.4 Å². The molecule has 0 bridgehead atoms. The van der Waals surface area contributed by atoms with Crippen molar-refractivity contribution in [1.29, 1.82) is 0 Å². The first kappa shape index (κ1) is 14.7. The number of benzene rings is 1. The van der Waals surface area contributed by atoms with Crippen molar-refractivity contribution in [3.8, 4) is 5.75 Å². The maximum absolute atomic E-state index is 12.1. The molecular formula is C13H15BrF3NO. The number of piperidine rings is 1. The highest BCUT2D eigenvalue weighted by Crippen LogP contribution is 2.28. The molecule has 2 rings (SSSR count). The van der Waals surface area contributed by atoms with Crippen molar-refractivity contribution < 1.29 is 17.9 Å². The molecule has 0 amide bonds. The van der Waals surface area contributed by atoms with Crippen LogP contribution in [0.1, 0.15) is 24.8 Å². The van der Waals surface area contributed by atoms with Crippen LogP contribution in [0.25, 0.3) is 0 Å². The van der Waals surface area contributed by atoms with Crippen LogP contribution in [0.15, 0.2) is 22.7 Å². The van der Waals surface area contributed by atoms with Crippen molar-refractivity contribution in [3.05, 3.63) is 28.2 Å². The molecule has 6 heteroatoms. The van der Waals surface area contributed by atoms with Crippen molar-refractivity contribution in [2.75, 3.05) is 13.1 Å². The maximum atomic E-state index is 12.1. The normalized spacial score (nSPS) is 17.5. The summed E-state index contributed by atoms with van der Waals surface area (Å²) in [5.41, 5.74) is 0.983. The summed E-state index contributed by atoms with van der Waals surface area (Å²) < 4.78 is 40.8. The number of alkyl halides is 3. The minimum absolute atomic E-state index is 0.193. The number of hydrogen-bond acceptors (Lipinski definition) is 2. The molecular weight excluding hydrogens is 323 g/mol. The molecule has 1 heterocycles. The van der Waals surface area contributed by atoms with Crippen LogP contribution < -0.4 is 4.74 Å². The fourth-order valence-electron chi connectivity index (χ4n) is 2.21.